The van der Waals surface area contributed by atoms with Gasteiger partial charge in [-0.05, 0) is 86.4 Å². The van der Waals surface area contributed by atoms with Crippen LogP contribution in [0.3, 0.4) is 0 Å². The zero-order chi connectivity index (χ0) is 16.2. The Labute approximate surface area is 151 Å². The van der Waals surface area contributed by atoms with Crippen molar-refractivity contribution in [1.29, 1.82) is 0 Å². The summed E-state index contributed by atoms with van der Waals surface area (Å²) in [5, 5.41) is 0. The van der Waals surface area contributed by atoms with E-state index in [4.69, 9.17) is 4.74 Å². The molecule has 1 aliphatic rings. The van der Waals surface area contributed by atoms with E-state index in [0.717, 1.165) is 31.7 Å². The van der Waals surface area contributed by atoms with E-state index in [1.165, 1.54) is 8.47 Å². The van der Waals surface area contributed by atoms with Crippen LogP contribution >= 0.6 is 34.4 Å². The number of ether oxygens (including phenoxy) is 1. The maximum Gasteiger partial charge on any atom is 0.410 e. The number of likely N-dealkylation sites (tertiary alicyclic amines) is 1. The van der Waals surface area contributed by atoms with Gasteiger partial charge < -0.3 is 9.64 Å². The van der Waals surface area contributed by atoms with Crippen LogP contribution in [0, 0.1) is 9.49 Å². The van der Waals surface area contributed by atoms with Crippen molar-refractivity contribution in [2.24, 2.45) is 5.92 Å². The van der Waals surface area contributed by atoms with Crippen LogP contribution in [0.5, 0.6) is 0 Å². The zero-order valence-corrected chi connectivity index (χ0v) is 16.4. The number of carbonyl (C=O) groups excluding carboxylic acids is 1. The first-order valence-electron chi connectivity index (χ1n) is 7.70. The minimum atomic E-state index is -0.408. The number of halogens is 1. The van der Waals surface area contributed by atoms with Crippen LogP contribution in [0.2, 0.25) is 0 Å². The average Bonchev–Trinajstić information content (AvgIpc) is 2.45. The summed E-state index contributed by atoms with van der Waals surface area (Å²) in [4.78, 5) is 15.2. The van der Waals surface area contributed by atoms with E-state index in [-0.39, 0.29) is 6.09 Å². The lowest BCUT2D eigenvalue weighted by molar-refractivity contribution is 0.0191. The number of amides is 1. The van der Waals surface area contributed by atoms with Gasteiger partial charge >= 0.3 is 6.09 Å². The van der Waals surface area contributed by atoms with Crippen LogP contribution < -0.4 is 0 Å². The fourth-order valence-corrected chi connectivity index (χ4v) is 3.80. The molecule has 1 saturated heterocycles. The summed E-state index contributed by atoms with van der Waals surface area (Å²) < 4.78 is 6.70. The molecule has 0 unspecified atom stereocenters. The average molecular weight is 433 g/mol. The molecule has 1 aliphatic heterocycles. The van der Waals surface area contributed by atoms with Crippen molar-refractivity contribution >= 4 is 40.4 Å². The first-order chi connectivity index (χ1) is 10.3. The number of rotatable bonds is 3. The number of hydrogen-bond donors (Lipinski definition) is 0. The molecule has 0 saturated carbocycles. The molecule has 0 aliphatic carbocycles. The van der Waals surface area contributed by atoms with Gasteiger partial charge in [0.1, 0.15) is 5.60 Å². The van der Waals surface area contributed by atoms with E-state index >= 15 is 0 Å². The second-order valence-electron chi connectivity index (χ2n) is 6.68. The molecule has 0 bridgehead atoms. The van der Waals surface area contributed by atoms with Gasteiger partial charge in [-0.1, -0.05) is 0 Å². The van der Waals surface area contributed by atoms with Gasteiger partial charge in [-0.25, -0.2) is 4.79 Å². The second kappa shape index (κ2) is 7.90. The number of carbonyl (C=O) groups is 1. The van der Waals surface area contributed by atoms with Crippen molar-refractivity contribution in [3.63, 3.8) is 0 Å². The van der Waals surface area contributed by atoms with Crippen LogP contribution in [0.1, 0.15) is 33.6 Å². The highest BCUT2D eigenvalue weighted by Gasteiger charge is 2.26. The molecular weight excluding hydrogens is 409 g/mol. The maximum absolute atomic E-state index is 12.0. The molecule has 1 aromatic carbocycles. The van der Waals surface area contributed by atoms with Crippen molar-refractivity contribution in [1.82, 2.24) is 4.90 Å². The Morgan fingerprint density at radius 1 is 1.27 bits per heavy atom. The van der Waals surface area contributed by atoms with Gasteiger partial charge in [-0.3, -0.25) is 0 Å². The number of nitrogens with zero attached hydrogens (tertiary/aromatic N) is 1. The molecular formula is C17H24INO2S. The number of hydrogen-bond acceptors (Lipinski definition) is 3. The van der Waals surface area contributed by atoms with Crippen molar-refractivity contribution in [2.75, 3.05) is 18.8 Å². The van der Waals surface area contributed by atoms with Gasteiger partial charge in [0.05, 0.1) is 0 Å². The summed E-state index contributed by atoms with van der Waals surface area (Å²) in [5.74, 6) is 1.81. The van der Waals surface area contributed by atoms with E-state index < -0.39 is 5.60 Å². The summed E-state index contributed by atoms with van der Waals surface area (Å²) in [6, 6.07) is 8.66. The van der Waals surface area contributed by atoms with Crippen LogP contribution in [-0.4, -0.2) is 35.4 Å². The summed E-state index contributed by atoms with van der Waals surface area (Å²) in [5.41, 5.74) is -0.408. The Hall–Kier alpha value is -0.430. The number of piperidine rings is 1. The molecule has 122 valence electrons. The van der Waals surface area contributed by atoms with E-state index in [2.05, 4.69) is 46.9 Å². The lowest BCUT2D eigenvalue weighted by atomic mass is 9.99. The highest BCUT2D eigenvalue weighted by molar-refractivity contribution is 14.1. The van der Waals surface area contributed by atoms with Crippen LogP contribution in [0.4, 0.5) is 4.79 Å². The Bertz CT molecular complexity index is 490. The van der Waals surface area contributed by atoms with Crippen molar-refractivity contribution in [3.8, 4) is 0 Å². The molecule has 2 rings (SSSR count). The molecule has 5 heteroatoms. The number of thioether (sulfide) groups is 1. The summed E-state index contributed by atoms with van der Waals surface area (Å²) in [6.07, 6.45) is 1.96. The minimum absolute atomic E-state index is 0.170. The highest BCUT2D eigenvalue weighted by atomic mass is 127. The molecule has 0 N–H and O–H groups in total. The minimum Gasteiger partial charge on any atom is -0.444 e. The first kappa shape index (κ1) is 17.9. The molecule has 1 heterocycles. The Balaban J connectivity index is 1.73. The predicted molar refractivity (Wildman–Crippen MR) is 100 cm³/mol. The number of benzene rings is 1. The van der Waals surface area contributed by atoms with Crippen LogP contribution in [0.15, 0.2) is 29.2 Å². The first-order valence-corrected chi connectivity index (χ1v) is 9.76. The molecule has 0 radical (unpaired) electrons. The predicted octanol–water partition coefficient (Wildman–Crippen LogP) is 5.03. The van der Waals surface area contributed by atoms with Gasteiger partial charge in [0.2, 0.25) is 0 Å². The van der Waals surface area contributed by atoms with Crippen molar-refractivity contribution < 1.29 is 9.53 Å². The zero-order valence-electron chi connectivity index (χ0n) is 13.5. The Morgan fingerprint density at radius 2 is 1.86 bits per heavy atom. The molecule has 1 aromatic rings. The topological polar surface area (TPSA) is 29.5 Å². The summed E-state index contributed by atoms with van der Waals surface area (Å²) in [6.45, 7) is 7.36. The third-order valence-corrected chi connectivity index (χ3v) is 5.53. The lowest BCUT2D eigenvalue weighted by Crippen LogP contribution is -2.42. The molecule has 0 spiro atoms. The summed E-state index contributed by atoms with van der Waals surface area (Å²) in [7, 11) is 0. The third-order valence-electron chi connectivity index (χ3n) is 3.57. The monoisotopic (exact) mass is 433 g/mol. The molecule has 3 nitrogen and oxygen atoms in total. The quantitative estimate of drug-likeness (QED) is 0.495. The summed E-state index contributed by atoms with van der Waals surface area (Å²) >= 11 is 4.24. The van der Waals surface area contributed by atoms with E-state index in [1.807, 2.05) is 37.4 Å². The Kier molecular flexibility index (Phi) is 6.44. The fourth-order valence-electron chi connectivity index (χ4n) is 2.35. The SMILES string of the molecule is CC(C)(C)OC(=O)N1CCC(CSc2ccc(I)cc2)CC1. The lowest BCUT2D eigenvalue weighted by Gasteiger charge is -2.33. The van der Waals surface area contributed by atoms with Gasteiger partial charge in [0.15, 0.2) is 0 Å². The smallest absolute Gasteiger partial charge is 0.410 e. The van der Waals surface area contributed by atoms with Gasteiger partial charge in [-0.15, -0.1) is 11.8 Å². The molecule has 1 fully saturated rings. The molecule has 1 amide bonds. The standard InChI is InChI=1S/C17H24INO2S/c1-17(2,3)21-16(20)19-10-8-13(9-11-19)12-22-15-6-4-14(18)5-7-15/h4-7,13H,8-12H2,1-3H3. The third kappa shape index (κ3) is 5.99. The molecule has 22 heavy (non-hydrogen) atoms. The normalized spacial score (nSPS) is 16.6. The van der Waals surface area contributed by atoms with E-state index in [0.29, 0.717) is 5.92 Å². The Morgan fingerprint density at radius 3 is 2.41 bits per heavy atom. The second-order valence-corrected chi connectivity index (χ2v) is 9.01. The largest absolute Gasteiger partial charge is 0.444 e. The molecule has 0 aromatic heterocycles. The van der Waals surface area contributed by atoms with Crippen LogP contribution in [0.25, 0.3) is 0 Å². The fraction of sp³-hybridized carbons (Fsp3) is 0.588. The van der Waals surface area contributed by atoms with E-state index in [1.54, 1.807) is 0 Å². The van der Waals surface area contributed by atoms with E-state index in [9.17, 15) is 4.79 Å². The van der Waals surface area contributed by atoms with Gasteiger partial charge in [0.25, 0.3) is 0 Å². The maximum atomic E-state index is 12.0. The van der Waals surface area contributed by atoms with Crippen molar-refractivity contribution in [2.45, 2.75) is 44.1 Å². The van der Waals surface area contributed by atoms with Crippen LogP contribution in [-0.2, 0) is 4.74 Å². The van der Waals surface area contributed by atoms with Gasteiger partial charge in [0, 0.05) is 27.3 Å². The highest BCUT2D eigenvalue weighted by Crippen LogP contribution is 2.27. The van der Waals surface area contributed by atoms with Gasteiger partial charge in [-0.2, -0.15) is 0 Å². The van der Waals surface area contributed by atoms with Crippen molar-refractivity contribution in [3.05, 3.63) is 27.8 Å². The molecule has 0 atom stereocenters.